The first kappa shape index (κ1) is 12.3. The normalized spacial score (nSPS) is 12.2. The zero-order chi connectivity index (χ0) is 12.3. The van der Waals surface area contributed by atoms with Crippen LogP contribution in [0.15, 0.2) is 41.3 Å². The minimum absolute atomic E-state index is 0.133. The standard InChI is InChI=1S/C12H11BrClN3/c1-8(9-3-2-4-15-6-9)17-12-11(13)5-10(14)7-16-12/h2-8H,1H3,(H,16,17). The Balaban J connectivity index is 2.16. The van der Waals surface area contributed by atoms with Crippen molar-refractivity contribution in [1.82, 2.24) is 9.97 Å². The second-order valence-corrected chi connectivity index (χ2v) is 4.93. The van der Waals surface area contributed by atoms with Gasteiger partial charge in [0.05, 0.1) is 15.5 Å². The molecular formula is C12H11BrClN3. The molecule has 0 fully saturated rings. The Hall–Kier alpha value is -1.13. The minimum Gasteiger partial charge on any atom is -0.363 e. The number of anilines is 1. The van der Waals surface area contributed by atoms with Gasteiger partial charge < -0.3 is 5.32 Å². The van der Waals surface area contributed by atoms with E-state index in [0.29, 0.717) is 5.02 Å². The Morgan fingerprint density at radius 3 is 2.88 bits per heavy atom. The van der Waals surface area contributed by atoms with Crippen LogP contribution in [0.2, 0.25) is 5.02 Å². The molecule has 0 aliphatic carbocycles. The molecule has 0 aliphatic heterocycles. The molecule has 3 nitrogen and oxygen atoms in total. The van der Waals surface area contributed by atoms with Crippen LogP contribution < -0.4 is 5.32 Å². The number of aromatic nitrogens is 2. The molecule has 1 unspecified atom stereocenters. The van der Waals surface area contributed by atoms with Crippen molar-refractivity contribution < 1.29 is 0 Å². The molecule has 0 saturated heterocycles. The molecule has 0 bridgehead atoms. The summed E-state index contributed by atoms with van der Waals surface area (Å²) in [4.78, 5) is 8.32. The van der Waals surface area contributed by atoms with Crippen molar-refractivity contribution in [1.29, 1.82) is 0 Å². The van der Waals surface area contributed by atoms with Gasteiger partial charge in [0.15, 0.2) is 0 Å². The number of hydrogen-bond donors (Lipinski definition) is 1. The fraction of sp³-hybridized carbons (Fsp3) is 0.167. The molecule has 17 heavy (non-hydrogen) atoms. The molecule has 0 radical (unpaired) electrons. The van der Waals surface area contributed by atoms with Gasteiger partial charge in [0.25, 0.3) is 0 Å². The van der Waals surface area contributed by atoms with Crippen molar-refractivity contribution in [3.05, 3.63) is 51.8 Å². The Kier molecular flexibility index (Phi) is 3.97. The van der Waals surface area contributed by atoms with Gasteiger partial charge in [-0.05, 0) is 40.5 Å². The van der Waals surface area contributed by atoms with Gasteiger partial charge in [-0.25, -0.2) is 4.98 Å². The smallest absolute Gasteiger partial charge is 0.140 e. The summed E-state index contributed by atoms with van der Waals surface area (Å²) in [5.41, 5.74) is 1.11. The Labute approximate surface area is 113 Å². The van der Waals surface area contributed by atoms with Crippen LogP contribution in [0.25, 0.3) is 0 Å². The molecule has 0 spiro atoms. The third kappa shape index (κ3) is 3.17. The topological polar surface area (TPSA) is 37.8 Å². The molecule has 0 aromatic carbocycles. The minimum atomic E-state index is 0.133. The second-order valence-electron chi connectivity index (χ2n) is 3.64. The quantitative estimate of drug-likeness (QED) is 0.928. The second kappa shape index (κ2) is 5.47. The predicted molar refractivity (Wildman–Crippen MR) is 73.2 cm³/mol. The van der Waals surface area contributed by atoms with E-state index in [2.05, 4.69) is 38.1 Å². The molecule has 0 aliphatic rings. The summed E-state index contributed by atoms with van der Waals surface area (Å²) >= 11 is 9.26. The van der Waals surface area contributed by atoms with Crippen LogP contribution in [-0.2, 0) is 0 Å². The van der Waals surface area contributed by atoms with Crippen molar-refractivity contribution in [3.63, 3.8) is 0 Å². The van der Waals surface area contributed by atoms with Crippen LogP contribution >= 0.6 is 27.5 Å². The molecule has 0 saturated carbocycles. The summed E-state index contributed by atoms with van der Waals surface area (Å²) in [6.07, 6.45) is 5.21. The molecule has 88 valence electrons. The summed E-state index contributed by atoms with van der Waals surface area (Å²) in [5.74, 6) is 0.769. The van der Waals surface area contributed by atoms with E-state index in [1.54, 1.807) is 12.4 Å². The van der Waals surface area contributed by atoms with E-state index in [4.69, 9.17) is 11.6 Å². The molecule has 2 rings (SSSR count). The molecule has 2 aromatic rings. The van der Waals surface area contributed by atoms with Gasteiger partial charge >= 0.3 is 0 Å². The third-order valence-electron chi connectivity index (χ3n) is 2.35. The first-order valence-corrected chi connectivity index (χ1v) is 6.31. The lowest BCUT2D eigenvalue weighted by molar-refractivity contribution is 0.865. The first-order valence-electron chi connectivity index (χ1n) is 5.14. The fourth-order valence-electron chi connectivity index (χ4n) is 1.44. The summed E-state index contributed by atoms with van der Waals surface area (Å²) < 4.78 is 0.848. The first-order chi connectivity index (χ1) is 8.16. The number of halogens is 2. The molecule has 0 amide bonds. The molecule has 1 atom stereocenters. The maximum Gasteiger partial charge on any atom is 0.140 e. The zero-order valence-corrected chi connectivity index (χ0v) is 11.5. The van der Waals surface area contributed by atoms with Gasteiger partial charge in [0.2, 0.25) is 0 Å². The lowest BCUT2D eigenvalue weighted by atomic mass is 10.1. The monoisotopic (exact) mass is 311 g/mol. The lowest BCUT2D eigenvalue weighted by Gasteiger charge is -2.15. The van der Waals surface area contributed by atoms with Gasteiger partial charge in [-0.1, -0.05) is 17.7 Å². The average molecular weight is 313 g/mol. The van der Waals surface area contributed by atoms with Crippen LogP contribution in [0.3, 0.4) is 0 Å². The molecule has 2 aromatic heterocycles. The number of hydrogen-bond acceptors (Lipinski definition) is 3. The van der Waals surface area contributed by atoms with E-state index in [0.717, 1.165) is 15.9 Å². The predicted octanol–water partition coefficient (Wildman–Crippen LogP) is 4.07. The molecular weight excluding hydrogens is 302 g/mol. The van der Waals surface area contributed by atoms with E-state index in [1.165, 1.54) is 0 Å². The lowest BCUT2D eigenvalue weighted by Crippen LogP contribution is -2.08. The van der Waals surface area contributed by atoms with Gasteiger partial charge in [0, 0.05) is 18.6 Å². The van der Waals surface area contributed by atoms with Crippen molar-refractivity contribution in [2.75, 3.05) is 5.32 Å². The van der Waals surface area contributed by atoms with Gasteiger partial charge in [-0.2, -0.15) is 0 Å². The number of pyridine rings is 2. The molecule has 1 N–H and O–H groups in total. The Bertz CT molecular complexity index is 504. The number of rotatable bonds is 3. The van der Waals surface area contributed by atoms with Crippen LogP contribution in [0.5, 0.6) is 0 Å². The summed E-state index contributed by atoms with van der Waals surface area (Å²) in [7, 11) is 0. The number of nitrogens with zero attached hydrogens (tertiary/aromatic N) is 2. The van der Waals surface area contributed by atoms with Crippen LogP contribution in [-0.4, -0.2) is 9.97 Å². The average Bonchev–Trinajstić information content (AvgIpc) is 2.34. The molecule has 5 heteroatoms. The largest absolute Gasteiger partial charge is 0.363 e. The van der Waals surface area contributed by atoms with Crippen molar-refractivity contribution in [2.45, 2.75) is 13.0 Å². The van der Waals surface area contributed by atoms with Crippen LogP contribution in [0.1, 0.15) is 18.5 Å². The summed E-state index contributed by atoms with van der Waals surface area (Å²) in [6.45, 7) is 2.06. The van der Waals surface area contributed by atoms with E-state index >= 15 is 0 Å². The zero-order valence-electron chi connectivity index (χ0n) is 9.19. The van der Waals surface area contributed by atoms with Crippen molar-refractivity contribution >= 4 is 33.3 Å². The third-order valence-corrected chi connectivity index (χ3v) is 3.16. The SMILES string of the molecule is CC(Nc1ncc(Cl)cc1Br)c1cccnc1. The van der Waals surface area contributed by atoms with E-state index < -0.39 is 0 Å². The van der Waals surface area contributed by atoms with Crippen LogP contribution in [0, 0.1) is 0 Å². The fourth-order valence-corrected chi connectivity index (χ4v) is 2.19. The summed E-state index contributed by atoms with van der Waals surface area (Å²) in [6, 6.07) is 5.88. The van der Waals surface area contributed by atoms with E-state index in [9.17, 15) is 0 Å². The van der Waals surface area contributed by atoms with Gasteiger partial charge in [-0.3, -0.25) is 4.98 Å². The Morgan fingerprint density at radius 1 is 1.41 bits per heavy atom. The van der Waals surface area contributed by atoms with Crippen molar-refractivity contribution in [2.24, 2.45) is 0 Å². The highest BCUT2D eigenvalue weighted by Crippen LogP contribution is 2.26. The van der Waals surface area contributed by atoms with E-state index in [1.807, 2.05) is 24.4 Å². The summed E-state index contributed by atoms with van der Waals surface area (Å²) in [5, 5.41) is 3.90. The molecule has 2 heterocycles. The maximum atomic E-state index is 5.84. The van der Waals surface area contributed by atoms with Gasteiger partial charge in [-0.15, -0.1) is 0 Å². The van der Waals surface area contributed by atoms with Gasteiger partial charge in [0.1, 0.15) is 5.82 Å². The highest BCUT2D eigenvalue weighted by molar-refractivity contribution is 9.10. The highest BCUT2D eigenvalue weighted by atomic mass is 79.9. The highest BCUT2D eigenvalue weighted by Gasteiger charge is 2.08. The van der Waals surface area contributed by atoms with E-state index in [-0.39, 0.29) is 6.04 Å². The Morgan fingerprint density at radius 2 is 2.24 bits per heavy atom. The van der Waals surface area contributed by atoms with Crippen molar-refractivity contribution in [3.8, 4) is 0 Å². The maximum absolute atomic E-state index is 5.84. The van der Waals surface area contributed by atoms with Crippen LogP contribution in [0.4, 0.5) is 5.82 Å². The number of nitrogens with one attached hydrogen (secondary N) is 1.